The van der Waals surface area contributed by atoms with E-state index in [2.05, 4.69) is 4.74 Å². The molecule has 0 aromatic rings. The van der Waals surface area contributed by atoms with E-state index < -0.39 is 31.3 Å². The molecule has 1 unspecified atom stereocenters. The van der Waals surface area contributed by atoms with E-state index in [1.165, 1.54) is 0 Å². The van der Waals surface area contributed by atoms with Crippen molar-refractivity contribution in [3.05, 3.63) is 0 Å². The first-order valence-electron chi connectivity index (χ1n) is 3.74. The maximum absolute atomic E-state index is 11.5. The van der Waals surface area contributed by atoms with E-state index in [-0.39, 0.29) is 6.42 Å². The van der Waals surface area contributed by atoms with Crippen molar-refractivity contribution in [2.45, 2.75) is 19.5 Å². The Morgan fingerprint density at radius 1 is 1.54 bits per heavy atom. The molecule has 1 atom stereocenters. The van der Waals surface area contributed by atoms with Gasteiger partial charge in [-0.2, -0.15) is 13.2 Å². The van der Waals surface area contributed by atoms with E-state index >= 15 is 0 Å². The van der Waals surface area contributed by atoms with Gasteiger partial charge >= 0.3 is 12.1 Å². The van der Waals surface area contributed by atoms with Crippen LogP contribution in [-0.2, 0) is 9.53 Å². The predicted octanol–water partition coefficient (Wildman–Crippen LogP) is 1.68. The molecular weight excluding hydrogens is 189 g/mol. The van der Waals surface area contributed by atoms with Crippen molar-refractivity contribution in [1.29, 1.82) is 0 Å². The molecule has 0 radical (unpaired) electrons. The van der Waals surface area contributed by atoms with E-state index in [1.807, 2.05) is 0 Å². The molecular formula is C7H11F3O3. The highest BCUT2D eigenvalue weighted by Crippen LogP contribution is 2.15. The highest BCUT2D eigenvalue weighted by atomic mass is 19.4. The fraction of sp³-hybridized carbons (Fsp3) is 0.857. The molecule has 0 spiro atoms. The van der Waals surface area contributed by atoms with Crippen molar-refractivity contribution in [2.75, 3.05) is 13.2 Å². The van der Waals surface area contributed by atoms with Gasteiger partial charge in [0.05, 0.1) is 12.5 Å². The van der Waals surface area contributed by atoms with Gasteiger partial charge in [-0.1, -0.05) is 6.92 Å². The first-order valence-corrected chi connectivity index (χ1v) is 3.74. The summed E-state index contributed by atoms with van der Waals surface area (Å²) in [5.74, 6) is -1.99. The van der Waals surface area contributed by atoms with Gasteiger partial charge in [-0.05, 0) is 6.42 Å². The van der Waals surface area contributed by atoms with Gasteiger partial charge in [-0.3, -0.25) is 4.79 Å². The number of carboxylic acid groups (broad SMARTS) is 1. The van der Waals surface area contributed by atoms with Crippen LogP contribution in [0.5, 0.6) is 0 Å². The second-order valence-corrected chi connectivity index (χ2v) is 2.57. The molecule has 0 saturated carbocycles. The Morgan fingerprint density at radius 3 is 2.38 bits per heavy atom. The van der Waals surface area contributed by atoms with E-state index in [4.69, 9.17) is 5.11 Å². The topological polar surface area (TPSA) is 46.5 Å². The van der Waals surface area contributed by atoms with Crippen LogP contribution in [0.1, 0.15) is 13.3 Å². The maximum atomic E-state index is 11.5. The Kier molecular flexibility index (Phi) is 4.76. The average molecular weight is 200 g/mol. The van der Waals surface area contributed by atoms with Crippen LogP contribution in [0.4, 0.5) is 13.2 Å². The van der Waals surface area contributed by atoms with Crippen LogP contribution in [0.25, 0.3) is 0 Å². The third-order valence-corrected chi connectivity index (χ3v) is 1.43. The van der Waals surface area contributed by atoms with Crippen molar-refractivity contribution in [3.8, 4) is 0 Å². The van der Waals surface area contributed by atoms with Crippen molar-refractivity contribution in [3.63, 3.8) is 0 Å². The Bertz CT molecular complexity index is 167. The fourth-order valence-electron chi connectivity index (χ4n) is 0.681. The van der Waals surface area contributed by atoms with Crippen molar-refractivity contribution in [1.82, 2.24) is 0 Å². The molecule has 1 N–H and O–H groups in total. The van der Waals surface area contributed by atoms with Crippen LogP contribution in [0.15, 0.2) is 0 Å². The van der Waals surface area contributed by atoms with Crippen LogP contribution in [0.3, 0.4) is 0 Å². The monoisotopic (exact) mass is 200 g/mol. The lowest BCUT2D eigenvalue weighted by Gasteiger charge is -2.11. The second kappa shape index (κ2) is 5.06. The van der Waals surface area contributed by atoms with Crippen LogP contribution < -0.4 is 0 Å². The number of hydrogen-bond acceptors (Lipinski definition) is 2. The molecule has 0 rings (SSSR count). The molecule has 0 aromatic heterocycles. The summed E-state index contributed by atoms with van der Waals surface area (Å²) in [5, 5.41) is 8.44. The van der Waals surface area contributed by atoms with E-state index in [0.717, 1.165) is 0 Å². The third-order valence-electron chi connectivity index (χ3n) is 1.43. The van der Waals surface area contributed by atoms with Crippen molar-refractivity contribution >= 4 is 5.97 Å². The summed E-state index contributed by atoms with van der Waals surface area (Å²) in [6.45, 7) is -0.210. The van der Waals surface area contributed by atoms with Gasteiger partial charge in [0.25, 0.3) is 0 Å². The Labute approximate surface area is 73.5 Å². The largest absolute Gasteiger partial charge is 0.481 e. The normalized spacial score (nSPS) is 14.2. The van der Waals surface area contributed by atoms with Gasteiger partial charge in [0, 0.05) is 0 Å². The minimum Gasteiger partial charge on any atom is -0.481 e. The number of halogens is 3. The van der Waals surface area contributed by atoms with Gasteiger partial charge in [0.2, 0.25) is 0 Å². The molecule has 0 fully saturated rings. The summed E-state index contributed by atoms with van der Waals surface area (Å²) in [4.78, 5) is 10.3. The molecule has 0 aromatic carbocycles. The van der Waals surface area contributed by atoms with Gasteiger partial charge < -0.3 is 9.84 Å². The minimum atomic E-state index is -4.39. The summed E-state index contributed by atoms with van der Waals surface area (Å²) in [6, 6.07) is 0. The first kappa shape index (κ1) is 12.2. The van der Waals surface area contributed by atoms with Gasteiger partial charge in [-0.25, -0.2) is 0 Å². The minimum absolute atomic E-state index is 0.257. The molecule has 78 valence electrons. The molecule has 0 aliphatic heterocycles. The molecule has 6 heteroatoms. The summed E-state index contributed by atoms with van der Waals surface area (Å²) in [6.07, 6.45) is -4.13. The summed E-state index contributed by atoms with van der Waals surface area (Å²) in [5.41, 5.74) is 0. The number of rotatable bonds is 5. The average Bonchev–Trinajstić information content (AvgIpc) is 1.95. The van der Waals surface area contributed by atoms with E-state index in [9.17, 15) is 18.0 Å². The van der Waals surface area contributed by atoms with Crippen LogP contribution in [-0.4, -0.2) is 30.5 Å². The summed E-state index contributed by atoms with van der Waals surface area (Å²) in [7, 11) is 0. The van der Waals surface area contributed by atoms with E-state index in [1.54, 1.807) is 6.92 Å². The number of alkyl halides is 3. The Balaban J connectivity index is 3.68. The standard InChI is InChI=1S/C7H11F3O3/c1-2-5(6(11)12)3-13-4-7(8,9)10/h5H,2-4H2,1H3,(H,11,12). The number of hydrogen-bond donors (Lipinski definition) is 1. The molecule has 3 nitrogen and oxygen atoms in total. The SMILES string of the molecule is CCC(COCC(F)(F)F)C(=O)O. The lowest BCUT2D eigenvalue weighted by atomic mass is 10.1. The molecule has 0 bridgehead atoms. The molecule has 0 aliphatic carbocycles. The number of carboxylic acids is 1. The van der Waals surface area contributed by atoms with Gasteiger partial charge in [0.15, 0.2) is 0 Å². The number of carbonyl (C=O) groups is 1. The Morgan fingerprint density at radius 2 is 2.08 bits per heavy atom. The lowest BCUT2D eigenvalue weighted by Crippen LogP contribution is -2.24. The van der Waals surface area contributed by atoms with E-state index in [0.29, 0.717) is 0 Å². The van der Waals surface area contributed by atoms with Crippen LogP contribution in [0, 0.1) is 5.92 Å². The highest BCUT2D eigenvalue weighted by Gasteiger charge is 2.28. The second-order valence-electron chi connectivity index (χ2n) is 2.57. The molecule has 0 aliphatic rings. The van der Waals surface area contributed by atoms with Gasteiger partial charge in [0.1, 0.15) is 6.61 Å². The van der Waals surface area contributed by atoms with Crippen LogP contribution in [0.2, 0.25) is 0 Å². The van der Waals surface area contributed by atoms with Crippen molar-refractivity contribution < 1.29 is 27.8 Å². The molecule has 13 heavy (non-hydrogen) atoms. The zero-order chi connectivity index (χ0) is 10.5. The zero-order valence-corrected chi connectivity index (χ0v) is 7.10. The first-order chi connectivity index (χ1) is 5.87. The molecule has 0 saturated heterocycles. The summed E-state index contributed by atoms with van der Waals surface area (Å²) >= 11 is 0. The zero-order valence-electron chi connectivity index (χ0n) is 7.10. The molecule has 0 heterocycles. The fourth-order valence-corrected chi connectivity index (χ4v) is 0.681. The lowest BCUT2D eigenvalue weighted by molar-refractivity contribution is -0.179. The summed E-state index contributed by atoms with van der Waals surface area (Å²) < 4.78 is 38.8. The predicted molar refractivity (Wildman–Crippen MR) is 38.3 cm³/mol. The number of ether oxygens (including phenoxy) is 1. The quantitative estimate of drug-likeness (QED) is 0.734. The molecule has 0 amide bonds. The van der Waals surface area contributed by atoms with Gasteiger partial charge in [-0.15, -0.1) is 0 Å². The Hall–Kier alpha value is -0.780. The smallest absolute Gasteiger partial charge is 0.411 e. The van der Waals surface area contributed by atoms with Crippen LogP contribution >= 0.6 is 0 Å². The van der Waals surface area contributed by atoms with Crippen molar-refractivity contribution in [2.24, 2.45) is 5.92 Å². The maximum Gasteiger partial charge on any atom is 0.411 e. The highest BCUT2D eigenvalue weighted by molar-refractivity contribution is 5.69. The third kappa shape index (κ3) is 6.39. The number of aliphatic carboxylic acids is 1.